The first-order valence-electron chi connectivity index (χ1n) is 9.24. The molecule has 1 saturated heterocycles. The maximum absolute atomic E-state index is 12.4. The minimum absolute atomic E-state index is 0.0196. The molecule has 0 bridgehead atoms. The fraction of sp³-hybridized carbons (Fsp3) is 0.632. The minimum atomic E-state index is -4.75. The van der Waals surface area contributed by atoms with Crippen LogP contribution in [0.4, 0.5) is 18.0 Å². The van der Waals surface area contributed by atoms with E-state index in [-0.39, 0.29) is 30.2 Å². The van der Waals surface area contributed by atoms with Gasteiger partial charge in [0.15, 0.2) is 0 Å². The highest BCUT2D eigenvalue weighted by atomic mass is 79.9. The van der Waals surface area contributed by atoms with Crippen LogP contribution in [0.2, 0.25) is 0 Å². The maximum Gasteiger partial charge on any atom is 0.573 e. The summed E-state index contributed by atoms with van der Waals surface area (Å²) in [6.45, 7) is 10.1. The van der Waals surface area contributed by atoms with E-state index in [9.17, 15) is 18.0 Å². The molecular formula is C19H26BrF3N2O4. The molecule has 29 heavy (non-hydrogen) atoms. The van der Waals surface area contributed by atoms with E-state index in [1.165, 1.54) is 18.2 Å². The number of nitrogens with zero attached hydrogens (tertiary/aromatic N) is 2. The highest BCUT2D eigenvalue weighted by molar-refractivity contribution is 9.10. The molecule has 164 valence electrons. The second-order valence-electron chi connectivity index (χ2n) is 7.81. The first kappa shape index (κ1) is 23.6. The number of amides is 1. The Kier molecular flexibility index (Phi) is 7.67. The second kappa shape index (κ2) is 9.42. The summed E-state index contributed by atoms with van der Waals surface area (Å²) in [7, 11) is 0. The van der Waals surface area contributed by atoms with Crippen molar-refractivity contribution in [2.45, 2.75) is 45.7 Å². The Balaban J connectivity index is 1.83. The van der Waals surface area contributed by atoms with Gasteiger partial charge in [-0.2, -0.15) is 0 Å². The van der Waals surface area contributed by atoms with Crippen molar-refractivity contribution in [1.29, 1.82) is 0 Å². The van der Waals surface area contributed by atoms with Crippen LogP contribution in [0.15, 0.2) is 22.7 Å². The lowest BCUT2D eigenvalue weighted by molar-refractivity contribution is -0.274. The molecule has 1 unspecified atom stereocenters. The zero-order chi connectivity index (χ0) is 21.8. The van der Waals surface area contributed by atoms with E-state index in [0.717, 1.165) is 0 Å². The first-order valence-corrected chi connectivity index (χ1v) is 10.0. The monoisotopic (exact) mass is 482 g/mol. The molecule has 1 aliphatic rings. The normalized spacial score (nSPS) is 18.5. The Morgan fingerprint density at radius 1 is 1.24 bits per heavy atom. The van der Waals surface area contributed by atoms with Crippen LogP contribution in [0.3, 0.4) is 0 Å². The van der Waals surface area contributed by atoms with Gasteiger partial charge in [0.2, 0.25) is 0 Å². The summed E-state index contributed by atoms with van der Waals surface area (Å²) in [6, 6.07) is 3.83. The third kappa shape index (κ3) is 7.93. The second-order valence-corrected chi connectivity index (χ2v) is 8.67. The van der Waals surface area contributed by atoms with E-state index in [2.05, 4.69) is 25.6 Å². The molecule has 1 aromatic carbocycles. The molecule has 1 amide bonds. The van der Waals surface area contributed by atoms with Gasteiger partial charge in [0.05, 0.1) is 4.47 Å². The summed E-state index contributed by atoms with van der Waals surface area (Å²) in [5, 5.41) is 0. The number of piperazine rings is 1. The molecule has 10 heteroatoms. The number of hydrogen-bond acceptors (Lipinski definition) is 5. The highest BCUT2D eigenvalue weighted by Gasteiger charge is 2.32. The van der Waals surface area contributed by atoms with Crippen LogP contribution in [0.25, 0.3) is 0 Å². The summed E-state index contributed by atoms with van der Waals surface area (Å²) in [6.07, 6.45) is -5.08. The zero-order valence-electron chi connectivity index (χ0n) is 16.9. The number of halogens is 4. The average Bonchev–Trinajstić information content (AvgIpc) is 2.54. The summed E-state index contributed by atoms with van der Waals surface area (Å²) >= 11 is 3.26. The molecule has 1 aromatic rings. The molecule has 1 heterocycles. The van der Waals surface area contributed by atoms with E-state index in [0.29, 0.717) is 30.7 Å². The van der Waals surface area contributed by atoms with Crippen molar-refractivity contribution >= 4 is 22.0 Å². The quantitative estimate of drug-likeness (QED) is 0.610. The van der Waals surface area contributed by atoms with Crippen LogP contribution in [0, 0.1) is 0 Å². The van der Waals surface area contributed by atoms with Gasteiger partial charge >= 0.3 is 12.5 Å². The molecule has 0 radical (unpaired) electrons. The van der Waals surface area contributed by atoms with Crippen molar-refractivity contribution in [2.75, 3.05) is 32.8 Å². The van der Waals surface area contributed by atoms with Crippen LogP contribution in [0.1, 0.15) is 27.7 Å². The summed E-state index contributed by atoms with van der Waals surface area (Å²) in [4.78, 5) is 16.1. The number of benzene rings is 1. The predicted octanol–water partition coefficient (Wildman–Crippen LogP) is 4.67. The number of hydrogen-bond donors (Lipinski definition) is 0. The summed E-state index contributed by atoms with van der Waals surface area (Å²) in [5.74, 6) is -0.0671. The summed E-state index contributed by atoms with van der Waals surface area (Å²) < 4.78 is 52.6. The van der Waals surface area contributed by atoms with Crippen molar-refractivity contribution in [3.63, 3.8) is 0 Å². The molecule has 0 saturated carbocycles. The Morgan fingerprint density at radius 2 is 1.93 bits per heavy atom. The van der Waals surface area contributed by atoms with Gasteiger partial charge in [0, 0.05) is 38.3 Å². The molecular weight excluding hydrogens is 457 g/mol. The van der Waals surface area contributed by atoms with Gasteiger partial charge in [-0.25, -0.2) is 4.79 Å². The molecule has 6 nitrogen and oxygen atoms in total. The van der Waals surface area contributed by atoms with Crippen LogP contribution in [-0.4, -0.2) is 66.7 Å². The van der Waals surface area contributed by atoms with Crippen LogP contribution in [0.5, 0.6) is 11.5 Å². The number of carbonyl (C=O) groups excluding carboxylic acids is 1. The van der Waals surface area contributed by atoms with Crippen LogP contribution >= 0.6 is 15.9 Å². The lowest BCUT2D eigenvalue weighted by Gasteiger charge is -2.40. The zero-order valence-corrected chi connectivity index (χ0v) is 18.5. The molecule has 0 aliphatic carbocycles. The standard InChI is InChI=1S/C19H26BrF3N2O4/c1-13-12-24(7-8-25(13)17(26)29-18(2,3)4)9-10-27-16-11-14(5-6-15(16)20)28-19(21,22)23/h5-6,11,13H,7-10,12H2,1-4H3. The van der Waals surface area contributed by atoms with Crippen molar-refractivity contribution < 1.29 is 32.2 Å². The Labute approximate surface area is 177 Å². The largest absolute Gasteiger partial charge is 0.573 e. The van der Waals surface area contributed by atoms with Gasteiger partial charge in [-0.05, 0) is 55.8 Å². The van der Waals surface area contributed by atoms with Gasteiger partial charge in [-0.15, -0.1) is 13.2 Å². The number of carbonyl (C=O) groups is 1. The number of ether oxygens (including phenoxy) is 3. The van der Waals surface area contributed by atoms with Crippen LogP contribution < -0.4 is 9.47 Å². The van der Waals surface area contributed by atoms with E-state index < -0.39 is 12.0 Å². The average molecular weight is 483 g/mol. The summed E-state index contributed by atoms with van der Waals surface area (Å²) in [5.41, 5.74) is -0.542. The van der Waals surface area contributed by atoms with Gasteiger partial charge in [0.25, 0.3) is 0 Å². The van der Waals surface area contributed by atoms with Crippen molar-refractivity contribution in [3.05, 3.63) is 22.7 Å². The SMILES string of the molecule is CC1CN(CCOc2cc(OC(F)(F)F)ccc2Br)CCN1C(=O)OC(C)(C)C. The fourth-order valence-corrected chi connectivity index (χ4v) is 3.27. The molecule has 0 spiro atoms. The molecule has 1 fully saturated rings. The van der Waals surface area contributed by atoms with E-state index in [4.69, 9.17) is 9.47 Å². The topological polar surface area (TPSA) is 51.2 Å². The van der Waals surface area contributed by atoms with Gasteiger partial charge in [-0.3, -0.25) is 4.90 Å². The highest BCUT2D eigenvalue weighted by Crippen LogP contribution is 2.32. The van der Waals surface area contributed by atoms with Crippen molar-refractivity contribution in [2.24, 2.45) is 0 Å². The maximum atomic E-state index is 12.4. The predicted molar refractivity (Wildman–Crippen MR) is 105 cm³/mol. The lowest BCUT2D eigenvalue weighted by atomic mass is 10.2. The molecule has 1 atom stereocenters. The van der Waals surface area contributed by atoms with Crippen molar-refractivity contribution in [1.82, 2.24) is 9.80 Å². The molecule has 0 N–H and O–H groups in total. The molecule has 1 aliphatic heterocycles. The fourth-order valence-electron chi connectivity index (χ4n) is 2.90. The smallest absolute Gasteiger partial charge is 0.491 e. The van der Waals surface area contributed by atoms with E-state index in [1.807, 2.05) is 27.7 Å². The Hall–Kier alpha value is -1.68. The minimum Gasteiger partial charge on any atom is -0.491 e. The van der Waals surface area contributed by atoms with Crippen LogP contribution in [-0.2, 0) is 4.74 Å². The number of alkyl halides is 3. The Morgan fingerprint density at radius 3 is 2.52 bits per heavy atom. The number of rotatable bonds is 5. The van der Waals surface area contributed by atoms with Gasteiger partial charge in [-0.1, -0.05) is 0 Å². The van der Waals surface area contributed by atoms with Gasteiger partial charge in [0.1, 0.15) is 23.7 Å². The molecule has 0 aromatic heterocycles. The molecule has 2 rings (SSSR count). The lowest BCUT2D eigenvalue weighted by Crippen LogP contribution is -2.55. The van der Waals surface area contributed by atoms with Gasteiger partial charge < -0.3 is 19.1 Å². The third-order valence-corrected chi connectivity index (χ3v) is 4.80. The van der Waals surface area contributed by atoms with E-state index in [1.54, 1.807) is 4.90 Å². The van der Waals surface area contributed by atoms with Crippen molar-refractivity contribution in [3.8, 4) is 11.5 Å². The van der Waals surface area contributed by atoms with E-state index >= 15 is 0 Å². The Bertz CT molecular complexity index is 710. The third-order valence-electron chi connectivity index (χ3n) is 4.14. The first-order chi connectivity index (χ1) is 13.3.